The number of carbonyl (C=O) groups excluding carboxylic acids is 1. The molecule has 124 valence electrons. The van der Waals surface area contributed by atoms with Gasteiger partial charge in [0.1, 0.15) is 5.75 Å². The van der Waals surface area contributed by atoms with E-state index in [-0.39, 0.29) is 17.4 Å². The molecule has 1 spiro atoms. The monoisotopic (exact) mass is 322 g/mol. The Morgan fingerprint density at radius 2 is 2.25 bits per heavy atom. The van der Waals surface area contributed by atoms with E-state index >= 15 is 0 Å². The molecule has 4 heteroatoms. The Labute approximate surface area is 141 Å². The van der Waals surface area contributed by atoms with Crippen LogP contribution in [0, 0.1) is 11.8 Å². The first-order valence-corrected chi connectivity index (χ1v) is 9.10. The molecule has 1 aliphatic carbocycles. The fraction of sp³-hybridized carbons (Fsp3) is 0.550. The third-order valence-corrected chi connectivity index (χ3v) is 7.62. The van der Waals surface area contributed by atoms with Crippen molar-refractivity contribution in [3.05, 3.63) is 35.4 Å². The molecule has 0 amide bonds. The zero-order chi connectivity index (χ0) is 16.2. The zero-order valence-electron chi connectivity index (χ0n) is 14.1. The number of nitrogens with one attached hydrogen (secondary N) is 1. The van der Waals surface area contributed by atoms with E-state index in [1.54, 1.807) is 7.11 Å². The normalized spacial score (nSPS) is 47.8. The van der Waals surface area contributed by atoms with Crippen LogP contribution in [0.4, 0.5) is 5.69 Å². The highest BCUT2D eigenvalue weighted by molar-refractivity contribution is 6.02. The maximum atomic E-state index is 13.7. The second-order valence-electron chi connectivity index (χ2n) is 8.08. The highest BCUT2D eigenvalue weighted by Crippen LogP contribution is 2.65. The summed E-state index contributed by atoms with van der Waals surface area (Å²) in [5.74, 6) is 2.04. The summed E-state index contributed by atoms with van der Waals surface area (Å²) in [6.45, 7) is 3.19. The lowest BCUT2D eigenvalue weighted by atomic mass is 9.65. The van der Waals surface area contributed by atoms with Crippen LogP contribution in [-0.4, -0.2) is 42.5 Å². The second-order valence-corrected chi connectivity index (χ2v) is 8.08. The lowest BCUT2D eigenvalue weighted by Gasteiger charge is -2.57. The average molecular weight is 322 g/mol. The Balaban J connectivity index is 1.59. The van der Waals surface area contributed by atoms with Crippen LogP contribution in [0.2, 0.25) is 0 Å². The largest absolute Gasteiger partial charge is 0.495 e. The lowest BCUT2D eigenvalue weighted by molar-refractivity contribution is -0.126. The fourth-order valence-corrected chi connectivity index (χ4v) is 6.79. The summed E-state index contributed by atoms with van der Waals surface area (Å²) in [6.07, 6.45) is 4.37. The zero-order valence-corrected chi connectivity index (χ0v) is 14.1. The van der Waals surface area contributed by atoms with Crippen LogP contribution >= 0.6 is 0 Å². The number of piperidine rings is 4. The number of benzene rings is 1. The minimum Gasteiger partial charge on any atom is -0.495 e. The van der Waals surface area contributed by atoms with Gasteiger partial charge in [-0.05, 0) is 37.3 Å². The van der Waals surface area contributed by atoms with Crippen LogP contribution in [0.5, 0.6) is 5.75 Å². The Morgan fingerprint density at radius 3 is 3.04 bits per heavy atom. The Kier molecular flexibility index (Phi) is 2.27. The molecule has 1 N–H and O–H groups in total. The fourth-order valence-electron chi connectivity index (χ4n) is 6.79. The molecule has 4 saturated heterocycles. The van der Waals surface area contributed by atoms with Crippen molar-refractivity contribution < 1.29 is 9.53 Å². The van der Waals surface area contributed by atoms with E-state index in [1.165, 1.54) is 11.1 Å². The van der Waals surface area contributed by atoms with Gasteiger partial charge < -0.3 is 10.1 Å². The lowest BCUT2D eigenvalue weighted by Crippen LogP contribution is -2.66. The molecule has 7 atom stereocenters. The number of anilines is 1. The Hall–Kier alpha value is -1.81. The molecule has 7 rings (SSSR count). The number of methoxy groups -OCH3 is 1. The van der Waals surface area contributed by atoms with E-state index in [9.17, 15) is 4.79 Å². The molecule has 1 unspecified atom stereocenters. The number of hydrogen-bond acceptors (Lipinski definition) is 4. The number of Topliss-reactive ketones (excluding diaryl/α,β-unsaturated/α-hetero) is 1. The second kappa shape index (κ2) is 4.05. The number of nitrogens with zero attached hydrogens (tertiary/aromatic N) is 1. The van der Waals surface area contributed by atoms with Crippen molar-refractivity contribution in [3.8, 4) is 5.75 Å². The van der Waals surface area contributed by atoms with Gasteiger partial charge in [0.15, 0.2) is 5.78 Å². The van der Waals surface area contributed by atoms with Crippen LogP contribution in [0.3, 0.4) is 0 Å². The van der Waals surface area contributed by atoms with Gasteiger partial charge in [-0.2, -0.15) is 0 Å². The predicted molar refractivity (Wildman–Crippen MR) is 91.3 cm³/mol. The van der Waals surface area contributed by atoms with Gasteiger partial charge >= 0.3 is 0 Å². The Morgan fingerprint density at radius 1 is 1.38 bits per heavy atom. The third kappa shape index (κ3) is 1.19. The number of allylic oxidation sites excluding steroid dienone is 1. The van der Waals surface area contributed by atoms with Crippen LogP contribution in [0.25, 0.3) is 0 Å². The first-order valence-electron chi connectivity index (χ1n) is 9.10. The van der Waals surface area contributed by atoms with E-state index in [2.05, 4.69) is 29.3 Å². The smallest absolute Gasteiger partial charge is 0.150 e. The van der Waals surface area contributed by atoms with Gasteiger partial charge in [0.2, 0.25) is 0 Å². The molecule has 5 aliphatic heterocycles. The van der Waals surface area contributed by atoms with Gasteiger partial charge in [-0.25, -0.2) is 0 Å². The molecular weight excluding hydrogens is 300 g/mol. The predicted octanol–water partition coefficient (Wildman–Crippen LogP) is 2.35. The third-order valence-electron chi connectivity index (χ3n) is 7.62. The standard InChI is InChI=1S/C20H22N2O2/c1-3-10-9-22-13-7-11(10)16-14(22)8-20(19(16)23)12-5-4-6-15(24-2)17(12)21-18(13)20/h3-6,11,13-14,16,18,21H,7-9H2,1-2H3/t11-,13-,14-,16-,18-,20+/m0/s1. The molecule has 5 fully saturated rings. The molecule has 1 aromatic carbocycles. The van der Waals surface area contributed by atoms with Crippen LogP contribution in [-0.2, 0) is 10.2 Å². The topological polar surface area (TPSA) is 41.6 Å². The van der Waals surface area contributed by atoms with Gasteiger partial charge in [0.05, 0.1) is 24.3 Å². The summed E-state index contributed by atoms with van der Waals surface area (Å²) < 4.78 is 5.58. The van der Waals surface area contributed by atoms with Crippen LogP contribution in [0.15, 0.2) is 29.8 Å². The molecule has 0 radical (unpaired) electrons. The summed E-state index contributed by atoms with van der Waals surface area (Å²) in [5, 5.41) is 3.74. The number of para-hydroxylation sites is 1. The summed E-state index contributed by atoms with van der Waals surface area (Å²) >= 11 is 0. The van der Waals surface area contributed by atoms with E-state index in [0.717, 1.165) is 30.8 Å². The summed E-state index contributed by atoms with van der Waals surface area (Å²) in [6, 6.07) is 7.32. The number of rotatable bonds is 1. The van der Waals surface area contributed by atoms with E-state index in [1.807, 2.05) is 12.1 Å². The summed E-state index contributed by atoms with van der Waals surface area (Å²) in [5.41, 5.74) is 3.43. The number of fused-ring (bicyclic) bond motifs is 2. The first-order chi connectivity index (χ1) is 11.7. The number of ether oxygens (including phenoxy) is 1. The number of hydrogen-bond donors (Lipinski definition) is 1. The first kappa shape index (κ1) is 13.5. The Bertz CT molecular complexity index is 816. The molecule has 5 heterocycles. The van der Waals surface area contributed by atoms with Crippen molar-refractivity contribution in [3.63, 3.8) is 0 Å². The maximum absolute atomic E-state index is 13.7. The van der Waals surface area contributed by atoms with E-state index in [0.29, 0.717) is 23.8 Å². The minimum atomic E-state index is -0.321. The molecule has 1 aromatic rings. The van der Waals surface area contributed by atoms with Crippen molar-refractivity contribution in [2.24, 2.45) is 11.8 Å². The molecule has 24 heavy (non-hydrogen) atoms. The van der Waals surface area contributed by atoms with Crippen molar-refractivity contribution in [2.75, 3.05) is 19.0 Å². The molecule has 5 bridgehead atoms. The maximum Gasteiger partial charge on any atom is 0.150 e. The summed E-state index contributed by atoms with van der Waals surface area (Å²) in [4.78, 5) is 16.4. The van der Waals surface area contributed by atoms with Gasteiger partial charge in [-0.1, -0.05) is 23.8 Å². The van der Waals surface area contributed by atoms with Crippen LogP contribution in [0.1, 0.15) is 25.3 Å². The molecule has 1 saturated carbocycles. The molecule has 6 aliphatic rings. The SMILES string of the molecule is CC=C1CN2[C@H]3C[C@]45C(=O)[C@H]3[C@H]1C[C@H]2[C@@H]4Nc1c(OC)cccc15. The average Bonchev–Trinajstić information content (AvgIpc) is 3.08. The molecule has 4 nitrogen and oxygen atoms in total. The van der Waals surface area contributed by atoms with Crippen molar-refractivity contribution in [2.45, 2.75) is 43.3 Å². The van der Waals surface area contributed by atoms with Crippen LogP contribution < -0.4 is 10.1 Å². The quantitative estimate of drug-likeness (QED) is 0.806. The molecule has 0 aromatic heterocycles. The number of carbonyl (C=O) groups is 1. The van der Waals surface area contributed by atoms with Gasteiger partial charge in [-0.15, -0.1) is 0 Å². The molecular formula is C20H22N2O2. The van der Waals surface area contributed by atoms with Crippen molar-refractivity contribution >= 4 is 11.5 Å². The van der Waals surface area contributed by atoms with Gasteiger partial charge in [0.25, 0.3) is 0 Å². The highest BCUT2D eigenvalue weighted by Gasteiger charge is 2.73. The summed E-state index contributed by atoms with van der Waals surface area (Å²) in [7, 11) is 1.71. The van der Waals surface area contributed by atoms with Gasteiger partial charge in [0, 0.05) is 24.5 Å². The number of ketones is 1. The van der Waals surface area contributed by atoms with Crippen molar-refractivity contribution in [1.82, 2.24) is 4.90 Å². The van der Waals surface area contributed by atoms with Crippen molar-refractivity contribution in [1.29, 1.82) is 0 Å². The van der Waals surface area contributed by atoms with E-state index < -0.39 is 0 Å². The minimum absolute atomic E-state index is 0.199. The van der Waals surface area contributed by atoms with Gasteiger partial charge in [-0.3, -0.25) is 9.69 Å². The highest BCUT2D eigenvalue weighted by atomic mass is 16.5. The van der Waals surface area contributed by atoms with E-state index in [4.69, 9.17) is 4.74 Å².